The lowest BCUT2D eigenvalue weighted by molar-refractivity contribution is 1.16. The average molecular weight is 162 g/mol. The standard InChI is InChI=1S/C7H6N4O/c8-6-5-4(1-2-9-6)7(12)11-3-10-5/h1-3H,(H2,8,9)(H,10,11,12). The Balaban J connectivity index is 3.05. The first kappa shape index (κ1) is 6.78. The summed E-state index contributed by atoms with van der Waals surface area (Å²) >= 11 is 0. The molecule has 5 heteroatoms. The molecule has 0 atom stereocenters. The van der Waals surface area contributed by atoms with Crippen LogP contribution >= 0.6 is 0 Å². The van der Waals surface area contributed by atoms with Gasteiger partial charge in [-0.05, 0) is 6.07 Å². The molecule has 2 aromatic heterocycles. The summed E-state index contributed by atoms with van der Waals surface area (Å²) in [6.07, 6.45) is 2.79. The van der Waals surface area contributed by atoms with Crippen LogP contribution in [0.4, 0.5) is 5.82 Å². The Hall–Kier alpha value is -1.91. The molecular weight excluding hydrogens is 156 g/mol. The number of rotatable bonds is 0. The molecule has 3 N–H and O–H groups in total. The fourth-order valence-electron chi connectivity index (χ4n) is 1.02. The van der Waals surface area contributed by atoms with E-state index in [-0.39, 0.29) is 11.4 Å². The number of anilines is 1. The molecule has 2 rings (SSSR count). The normalized spacial score (nSPS) is 10.3. The number of pyridine rings is 1. The van der Waals surface area contributed by atoms with Crippen molar-refractivity contribution >= 4 is 16.7 Å². The summed E-state index contributed by atoms with van der Waals surface area (Å²) in [5, 5.41) is 0.463. The molecule has 0 bridgehead atoms. The second-order valence-corrected chi connectivity index (χ2v) is 2.32. The van der Waals surface area contributed by atoms with E-state index < -0.39 is 0 Å². The van der Waals surface area contributed by atoms with Gasteiger partial charge >= 0.3 is 0 Å². The van der Waals surface area contributed by atoms with E-state index in [2.05, 4.69) is 15.0 Å². The monoisotopic (exact) mass is 162 g/mol. The lowest BCUT2D eigenvalue weighted by Crippen LogP contribution is -2.07. The van der Waals surface area contributed by atoms with E-state index in [1.54, 1.807) is 6.07 Å². The van der Waals surface area contributed by atoms with Gasteiger partial charge in [0.2, 0.25) is 0 Å². The molecule has 0 fully saturated rings. The number of nitrogen functional groups attached to an aromatic ring is 1. The fraction of sp³-hybridized carbons (Fsp3) is 0. The highest BCUT2D eigenvalue weighted by Gasteiger charge is 2.01. The largest absolute Gasteiger partial charge is 0.382 e. The Morgan fingerprint density at radius 1 is 1.42 bits per heavy atom. The molecule has 12 heavy (non-hydrogen) atoms. The zero-order valence-electron chi connectivity index (χ0n) is 6.11. The lowest BCUT2D eigenvalue weighted by Gasteiger charge is -1.96. The highest BCUT2D eigenvalue weighted by Crippen LogP contribution is 2.09. The van der Waals surface area contributed by atoms with Crippen molar-refractivity contribution in [1.29, 1.82) is 0 Å². The molecule has 0 spiro atoms. The zero-order chi connectivity index (χ0) is 8.55. The van der Waals surface area contributed by atoms with Gasteiger partial charge in [0.05, 0.1) is 11.7 Å². The summed E-state index contributed by atoms with van der Waals surface area (Å²) in [5.74, 6) is 0.276. The van der Waals surface area contributed by atoms with Gasteiger partial charge < -0.3 is 10.7 Å². The number of hydrogen-bond donors (Lipinski definition) is 2. The number of fused-ring (bicyclic) bond motifs is 1. The first-order valence-electron chi connectivity index (χ1n) is 3.37. The molecule has 0 aromatic carbocycles. The number of aromatic nitrogens is 3. The van der Waals surface area contributed by atoms with Gasteiger partial charge in [-0.1, -0.05) is 0 Å². The van der Waals surface area contributed by atoms with Gasteiger partial charge in [-0.15, -0.1) is 0 Å². The lowest BCUT2D eigenvalue weighted by atomic mass is 10.3. The van der Waals surface area contributed by atoms with Crippen molar-refractivity contribution in [2.45, 2.75) is 0 Å². The predicted octanol–water partition coefficient (Wildman–Crippen LogP) is -0.0997. The minimum Gasteiger partial charge on any atom is -0.382 e. The highest BCUT2D eigenvalue weighted by atomic mass is 16.1. The van der Waals surface area contributed by atoms with Crippen molar-refractivity contribution in [2.75, 3.05) is 5.73 Å². The van der Waals surface area contributed by atoms with Gasteiger partial charge in [-0.3, -0.25) is 4.79 Å². The van der Waals surface area contributed by atoms with Crippen molar-refractivity contribution in [3.63, 3.8) is 0 Å². The van der Waals surface area contributed by atoms with Gasteiger partial charge in [0.1, 0.15) is 11.3 Å². The minimum absolute atomic E-state index is 0.200. The molecule has 0 unspecified atom stereocenters. The van der Waals surface area contributed by atoms with Crippen molar-refractivity contribution in [3.05, 3.63) is 28.9 Å². The Morgan fingerprint density at radius 3 is 3.00 bits per heavy atom. The van der Waals surface area contributed by atoms with Gasteiger partial charge in [0.15, 0.2) is 0 Å². The second-order valence-electron chi connectivity index (χ2n) is 2.32. The average Bonchev–Trinajstić information content (AvgIpc) is 2.07. The summed E-state index contributed by atoms with van der Waals surface area (Å²) in [4.78, 5) is 21.3. The maximum Gasteiger partial charge on any atom is 0.258 e. The molecule has 0 aliphatic carbocycles. The van der Waals surface area contributed by atoms with Crippen LogP contribution in [0.3, 0.4) is 0 Å². The van der Waals surface area contributed by atoms with Gasteiger partial charge in [-0.2, -0.15) is 0 Å². The number of hydrogen-bond acceptors (Lipinski definition) is 4. The summed E-state index contributed by atoms with van der Waals surface area (Å²) in [7, 11) is 0. The third kappa shape index (κ3) is 0.833. The van der Waals surface area contributed by atoms with Crippen LogP contribution in [0.2, 0.25) is 0 Å². The first-order chi connectivity index (χ1) is 5.79. The number of nitrogens with one attached hydrogen (secondary N) is 1. The van der Waals surface area contributed by atoms with E-state index in [1.807, 2.05) is 0 Å². The van der Waals surface area contributed by atoms with Crippen LogP contribution in [0.15, 0.2) is 23.4 Å². The Bertz CT molecular complexity index is 476. The predicted molar refractivity (Wildman–Crippen MR) is 44.6 cm³/mol. The smallest absolute Gasteiger partial charge is 0.258 e. The molecule has 0 radical (unpaired) electrons. The number of nitrogens with two attached hydrogens (primary N) is 1. The highest BCUT2D eigenvalue weighted by molar-refractivity contribution is 5.85. The molecule has 0 aliphatic rings. The summed E-state index contributed by atoms with van der Waals surface area (Å²) in [5.41, 5.74) is 5.74. The fourth-order valence-corrected chi connectivity index (χ4v) is 1.02. The van der Waals surface area contributed by atoms with Crippen molar-refractivity contribution in [1.82, 2.24) is 15.0 Å². The molecule has 5 nitrogen and oxygen atoms in total. The third-order valence-electron chi connectivity index (χ3n) is 1.59. The van der Waals surface area contributed by atoms with Gasteiger partial charge in [0, 0.05) is 6.20 Å². The van der Waals surface area contributed by atoms with E-state index in [0.717, 1.165) is 0 Å². The van der Waals surface area contributed by atoms with Crippen LogP contribution in [-0.2, 0) is 0 Å². The maximum absolute atomic E-state index is 11.2. The second kappa shape index (κ2) is 2.30. The summed E-state index contributed by atoms with van der Waals surface area (Å²) in [6, 6.07) is 1.58. The van der Waals surface area contributed by atoms with Crippen LogP contribution < -0.4 is 11.3 Å². The van der Waals surface area contributed by atoms with E-state index in [0.29, 0.717) is 10.9 Å². The van der Waals surface area contributed by atoms with Crippen LogP contribution in [0.5, 0.6) is 0 Å². The molecule has 2 aromatic rings. The summed E-state index contributed by atoms with van der Waals surface area (Å²) in [6.45, 7) is 0. The molecule has 0 amide bonds. The van der Waals surface area contributed by atoms with Gasteiger partial charge in [0.25, 0.3) is 5.56 Å². The minimum atomic E-state index is -0.200. The van der Waals surface area contributed by atoms with Gasteiger partial charge in [-0.25, -0.2) is 9.97 Å². The quantitative estimate of drug-likeness (QED) is 0.566. The number of H-pyrrole nitrogens is 1. The van der Waals surface area contributed by atoms with Crippen molar-refractivity contribution in [2.24, 2.45) is 0 Å². The molecule has 0 saturated heterocycles. The molecule has 0 saturated carbocycles. The molecule has 2 heterocycles. The molecular formula is C7H6N4O. The Labute approximate surface area is 67.3 Å². The Kier molecular flexibility index (Phi) is 1.30. The third-order valence-corrected chi connectivity index (χ3v) is 1.59. The van der Waals surface area contributed by atoms with Crippen molar-refractivity contribution < 1.29 is 0 Å². The summed E-state index contributed by atoms with van der Waals surface area (Å²) < 4.78 is 0. The Morgan fingerprint density at radius 2 is 2.25 bits per heavy atom. The zero-order valence-corrected chi connectivity index (χ0v) is 6.11. The maximum atomic E-state index is 11.2. The van der Waals surface area contributed by atoms with Crippen LogP contribution in [0.25, 0.3) is 10.9 Å². The van der Waals surface area contributed by atoms with E-state index in [4.69, 9.17) is 5.73 Å². The molecule has 0 aliphatic heterocycles. The number of nitrogens with zero attached hydrogens (tertiary/aromatic N) is 2. The van der Waals surface area contributed by atoms with Crippen LogP contribution in [0, 0.1) is 0 Å². The van der Waals surface area contributed by atoms with E-state index >= 15 is 0 Å². The SMILES string of the molecule is Nc1nccc2c(=O)[nH]cnc12. The van der Waals surface area contributed by atoms with Crippen LogP contribution in [0.1, 0.15) is 0 Å². The first-order valence-corrected chi connectivity index (χ1v) is 3.37. The van der Waals surface area contributed by atoms with E-state index in [9.17, 15) is 4.79 Å². The molecule has 60 valence electrons. The number of aromatic amines is 1. The van der Waals surface area contributed by atoms with Crippen molar-refractivity contribution in [3.8, 4) is 0 Å². The topological polar surface area (TPSA) is 84.7 Å². The van der Waals surface area contributed by atoms with E-state index in [1.165, 1.54) is 12.5 Å². The van der Waals surface area contributed by atoms with Crippen LogP contribution in [-0.4, -0.2) is 15.0 Å².